The zero-order valence-electron chi connectivity index (χ0n) is 12.4. The number of nitrogens with zero attached hydrogens (tertiary/aromatic N) is 3. The second-order valence-electron chi connectivity index (χ2n) is 5.83. The van der Waals surface area contributed by atoms with Crippen LogP contribution in [0.3, 0.4) is 0 Å². The normalized spacial score (nSPS) is 17.8. The lowest BCUT2D eigenvalue weighted by Crippen LogP contribution is -2.23. The Balaban J connectivity index is 1.79. The number of H-pyrrole nitrogens is 1. The third-order valence-electron chi connectivity index (χ3n) is 3.90. The van der Waals surface area contributed by atoms with Gasteiger partial charge in [-0.1, -0.05) is 6.92 Å². The number of aryl methyl sites for hydroxylation is 1. The highest BCUT2D eigenvalue weighted by Gasteiger charge is 2.30. The summed E-state index contributed by atoms with van der Waals surface area (Å²) in [6.07, 6.45) is 0.563. The number of amides is 1. The summed E-state index contributed by atoms with van der Waals surface area (Å²) in [6, 6.07) is 0. The van der Waals surface area contributed by atoms with Gasteiger partial charge in [0.05, 0.1) is 0 Å². The van der Waals surface area contributed by atoms with Gasteiger partial charge in [0, 0.05) is 23.7 Å². The first-order chi connectivity index (χ1) is 10.8. The summed E-state index contributed by atoms with van der Waals surface area (Å²) in [6.45, 7) is 0.881. The molecule has 0 bridgehead atoms. The average molecular weight is 327 g/mol. The maximum Gasteiger partial charge on any atom is 0.406 e. The van der Waals surface area contributed by atoms with Crippen molar-refractivity contribution in [1.82, 2.24) is 19.7 Å². The number of hydrogen-bond donors (Lipinski definition) is 2. The number of carbonyl (C=O) groups excluding carboxylic acids is 1. The highest BCUT2D eigenvalue weighted by molar-refractivity contribution is 6.03. The Morgan fingerprint density at radius 2 is 2.30 bits per heavy atom. The lowest BCUT2D eigenvalue weighted by Gasteiger charge is -2.18. The lowest BCUT2D eigenvalue weighted by atomic mass is 9.88. The summed E-state index contributed by atoms with van der Waals surface area (Å²) in [5.41, 5.74) is 2.00. The van der Waals surface area contributed by atoms with E-state index in [1.807, 2.05) is 0 Å². The van der Waals surface area contributed by atoms with Gasteiger partial charge in [0.25, 0.3) is 5.91 Å². The minimum absolute atomic E-state index is 0.145. The molecule has 9 heteroatoms. The van der Waals surface area contributed by atoms with E-state index < -0.39 is 18.6 Å². The van der Waals surface area contributed by atoms with Gasteiger partial charge in [-0.05, 0) is 25.2 Å². The highest BCUT2D eigenvalue weighted by Crippen LogP contribution is 2.26. The minimum atomic E-state index is -4.39. The second kappa shape index (κ2) is 5.71. The topological polar surface area (TPSA) is 75.6 Å². The molecule has 3 rings (SSSR count). The molecule has 1 atom stereocenters. The van der Waals surface area contributed by atoms with Crippen LogP contribution in [0, 0.1) is 5.92 Å². The van der Waals surface area contributed by atoms with Crippen molar-refractivity contribution in [2.45, 2.75) is 38.9 Å². The summed E-state index contributed by atoms with van der Waals surface area (Å²) < 4.78 is 38.3. The molecular formula is C14H16F3N5O. The molecule has 0 saturated heterocycles. The molecule has 2 aromatic heterocycles. The van der Waals surface area contributed by atoms with Gasteiger partial charge in [0.15, 0.2) is 5.69 Å². The third-order valence-corrected chi connectivity index (χ3v) is 3.90. The number of aromatic nitrogens is 4. The van der Waals surface area contributed by atoms with Gasteiger partial charge in [-0.25, -0.2) is 4.98 Å². The van der Waals surface area contributed by atoms with E-state index in [0.717, 1.165) is 35.1 Å². The van der Waals surface area contributed by atoms with Crippen LogP contribution in [0.25, 0.3) is 0 Å². The molecule has 0 radical (unpaired) electrons. The van der Waals surface area contributed by atoms with Crippen LogP contribution in [-0.2, 0) is 19.4 Å². The number of nitrogens with one attached hydrogen (secondary N) is 2. The molecule has 0 spiro atoms. The summed E-state index contributed by atoms with van der Waals surface area (Å²) in [5.74, 6) is -0.252. The summed E-state index contributed by atoms with van der Waals surface area (Å²) in [5, 5.41) is 9.27. The standard InChI is InChI=1S/C14H16F3N5O/c1-8-2-3-10-9(6-8)11(21-20-10)12(23)19-13-18-4-5-22(13)7-14(15,16)17/h4-5,8H,2-3,6-7H2,1H3,(H,20,21)(H,18,19,23). The molecule has 2 aromatic rings. The van der Waals surface area contributed by atoms with Crippen LogP contribution in [-0.4, -0.2) is 31.8 Å². The summed E-state index contributed by atoms with van der Waals surface area (Å²) in [4.78, 5) is 16.1. The van der Waals surface area contributed by atoms with Crippen molar-refractivity contribution >= 4 is 11.9 Å². The van der Waals surface area contributed by atoms with Crippen LogP contribution in [0.4, 0.5) is 19.1 Å². The zero-order chi connectivity index (χ0) is 16.6. The molecule has 1 aliphatic carbocycles. The highest BCUT2D eigenvalue weighted by atomic mass is 19.4. The Hall–Kier alpha value is -2.32. The van der Waals surface area contributed by atoms with Gasteiger partial charge >= 0.3 is 6.18 Å². The van der Waals surface area contributed by atoms with E-state index in [1.54, 1.807) is 0 Å². The molecule has 0 aromatic carbocycles. The van der Waals surface area contributed by atoms with Crippen LogP contribution in [0.1, 0.15) is 35.1 Å². The molecule has 2 N–H and O–H groups in total. The van der Waals surface area contributed by atoms with Crippen molar-refractivity contribution in [3.8, 4) is 0 Å². The maximum atomic E-state index is 12.5. The van der Waals surface area contributed by atoms with Gasteiger partial charge in [-0.2, -0.15) is 18.3 Å². The van der Waals surface area contributed by atoms with Crippen molar-refractivity contribution in [1.29, 1.82) is 0 Å². The number of rotatable bonds is 3. The van der Waals surface area contributed by atoms with Gasteiger partial charge in [0.1, 0.15) is 6.54 Å². The fourth-order valence-corrected chi connectivity index (χ4v) is 2.77. The largest absolute Gasteiger partial charge is 0.406 e. The Kier molecular flexibility index (Phi) is 3.87. The maximum absolute atomic E-state index is 12.5. The molecule has 23 heavy (non-hydrogen) atoms. The minimum Gasteiger partial charge on any atom is -0.308 e. The van der Waals surface area contributed by atoms with Gasteiger partial charge < -0.3 is 4.57 Å². The number of imidazole rings is 1. The zero-order valence-corrected chi connectivity index (χ0v) is 12.4. The van der Waals surface area contributed by atoms with Crippen LogP contribution >= 0.6 is 0 Å². The van der Waals surface area contributed by atoms with E-state index in [1.165, 1.54) is 12.4 Å². The fraction of sp³-hybridized carbons (Fsp3) is 0.500. The Bertz CT molecular complexity index is 718. The SMILES string of the molecule is CC1CCc2[nH]nc(C(=O)Nc3nccn3CC(F)(F)F)c2C1. The molecule has 2 heterocycles. The number of fused-ring (bicyclic) bond motifs is 1. The van der Waals surface area contributed by atoms with Crippen molar-refractivity contribution in [3.63, 3.8) is 0 Å². The van der Waals surface area contributed by atoms with Crippen molar-refractivity contribution in [3.05, 3.63) is 29.3 Å². The molecule has 1 aliphatic rings. The quantitative estimate of drug-likeness (QED) is 0.910. The van der Waals surface area contributed by atoms with Crippen LogP contribution in [0.5, 0.6) is 0 Å². The second-order valence-corrected chi connectivity index (χ2v) is 5.83. The number of alkyl halides is 3. The van der Waals surface area contributed by atoms with Gasteiger partial charge in [0.2, 0.25) is 5.95 Å². The van der Waals surface area contributed by atoms with E-state index in [9.17, 15) is 18.0 Å². The molecule has 0 fully saturated rings. The Morgan fingerprint density at radius 1 is 1.52 bits per heavy atom. The monoisotopic (exact) mass is 327 g/mol. The van der Waals surface area contributed by atoms with Crippen LogP contribution in [0.15, 0.2) is 12.4 Å². The number of carbonyl (C=O) groups is 1. The van der Waals surface area contributed by atoms with Crippen molar-refractivity contribution in [2.75, 3.05) is 5.32 Å². The predicted molar refractivity (Wildman–Crippen MR) is 76.0 cm³/mol. The van der Waals surface area contributed by atoms with E-state index in [-0.39, 0.29) is 11.6 Å². The number of halogens is 3. The van der Waals surface area contributed by atoms with Crippen molar-refractivity contribution < 1.29 is 18.0 Å². The number of hydrogen-bond acceptors (Lipinski definition) is 3. The van der Waals surface area contributed by atoms with E-state index in [0.29, 0.717) is 5.92 Å². The predicted octanol–water partition coefficient (Wildman–Crippen LogP) is 2.55. The Labute approximate surface area is 130 Å². The van der Waals surface area contributed by atoms with E-state index >= 15 is 0 Å². The molecule has 1 unspecified atom stereocenters. The molecule has 124 valence electrons. The van der Waals surface area contributed by atoms with E-state index in [2.05, 4.69) is 27.4 Å². The Morgan fingerprint density at radius 3 is 3.04 bits per heavy atom. The van der Waals surface area contributed by atoms with Crippen LogP contribution < -0.4 is 5.32 Å². The molecule has 1 amide bonds. The summed E-state index contributed by atoms with van der Waals surface area (Å²) >= 11 is 0. The number of aromatic amines is 1. The van der Waals surface area contributed by atoms with Gasteiger partial charge in [-0.15, -0.1) is 0 Å². The smallest absolute Gasteiger partial charge is 0.308 e. The number of anilines is 1. The first-order valence-electron chi connectivity index (χ1n) is 7.29. The lowest BCUT2D eigenvalue weighted by molar-refractivity contribution is -0.140. The molecular weight excluding hydrogens is 311 g/mol. The fourth-order valence-electron chi connectivity index (χ4n) is 2.77. The molecule has 6 nitrogen and oxygen atoms in total. The summed E-state index contributed by atoms with van der Waals surface area (Å²) in [7, 11) is 0. The third kappa shape index (κ3) is 3.38. The molecule has 0 saturated carbocycles. The van der Waals surface area contributed by atoms with Crippen molar-refractivity contribution in [2.24, 2.45) is 5.92 Å². The van der Waals surface area contributed by atoms with Gasteiger partial charge in [-0.3, -0.25) is 15.2 Å². The van der Waals surface area contributed by atoms with E-state index in [4.69, 9.17) is 0 Å². The first kappa shape index (κ1) is 15.6. The molecule has 0 aliphatic heterocycles. The van der Waals surface area contributed by atoms with Crippen LogP contribution in [0.2, 0.25) is 0 Å². The average Bonchev–Trinajstić information content (AvgIpc) is 3.04. The first-order valence-corrected chi connectivity index (χ1v) is 7.29.